The Morgan fingerprint density at radius 1 is 1.10 bits per heavy atom. The summed E-state index contributed by atoms with van der Waals surface area (Å²) in [4.78, 5) is 5.75. The normalized spacial score (nSPS) is 11.9. The van der Waals surface area contributed by atoms with Gasteiger partial charge in [-0.1, -0.05) is 48.5 Å². The average Bonchev–Trinajstić information content (AvgIpc) is 3.25. The van der Waals surface area contributed by atoms with Crippen LogP contribution >= 0.6 is 11.3 Å². The highest BCUT2D eigenvalue weighted by Crippen LogP contribution is 2.33. The lowest BCUT2D eigenvalue weighted by Gasteiger charge is -2.15. The van der Waals surface area contributed by atoms with Crippen LogP contribution in [0.2, 0.25) is 0 Å². The van der Waals surface area contributed by atoms with Gasteiger partial charge in [0.25, 0.3) is 0 Å². The average molecular weight is 399 g/mol. The van der Waals surface area contributed by atoms with Crippen molar-refractivity contribution in [2.75, 3.05) is 12.4 Å². The lowest BCUT2D eigenvalue weighted by molar-refractivity contribution is 0.819. The van der Waals surface area contributed by atoms with Crippen molar-refractivity contribution < 1.29 is 0 Å². The fraction of sp³-hybridized carbons (Fsp3) is 0.167. The van der Waals surface area contributed by atoms with Crippen LogP contribution in [-0.2, 0) is 6.54 Å². The quantitative estimate of drug-likeness (QED) is 0.436. The summed E-state index contributed by atoms with van der Waals surface area (Å²) in [7, 11) is 1.97. The lowest BCUT2D eigenvalue weighted by atomic mass is 10.0. The monoisotopic (exact) mass is 398 g/mol. The first kappa shape index (κ1) is 19.1. The summed E-state index contributed by atoms with van der Waals surface area (Å²) in [5.41, 5.74) is 4.39. The Morgan fingerprint density at radius 2 is 1.86 bits per heavy atom. The van der Waals surface area contributed by atoms with Gasteiger partial charge in [-0.2, -0.15) is 5.26 Å². The lowest BCUT2D eigenvalue weighted by Crippen LogP contribution is -2.07. The maximum atomic E-state index is 9.34. The van der Waals surface area contributed by atoms with Gasteiger partial charge in [-0.15, -0.1) is 11.3 Å². The summed E-state index contributed by atoms with van der Waals surface area (Å²) in [5, 5.41) is 20.2. The molecule has 1 unspecified atom stereocenters. The zero-order valence-electron chi connectivity index (χ0n) is 16.4. The molecule has 0 saturated carbocycles. The van der Waals surface area contributed by atoms with Gasteiger partial charge in [0.05, 0.1) is 11.6 Å². The Kier molecular flexibility index (Phi) is 5.57. The summed E-state index contributed by atoms with van der Waals surface area (Å²) >= 11 is 1.75. The van der Waals surface area contributed by atoms with E-state index in [1.807, 2.05) is 31.3 Å². The molecule has 4 rings (SSSR count). The molecular weight excluding hydrogens is 376 g/mol. The maximum Gasteiger partial charge on any atom is 0.134 e. The fourth-order valence-electron chi connectivity index (χ4n) is 3.54. The summed E-state index contributed by atoms with van der Waals surface area (Å²) in [6, 6.07) is 21.0. The summed E-state index contributed by atoms with van der Waals surface area (Å²) in [6.45, 7) is 2.99. The second-order valence-electron chi connectivity index (χ2n) is 6.97. The van der Waals surface area contributed by atoms with Crippen LogP contribution in [0.3, 0.4) is 0 Å². The molecule has 1 atom stereocenters. The van der Waals surface area contributed by atoms with Crippen LogP contribution in [0.25, 0.3) is 21.9 Å². The maximum absolute atomic E-state index is 9.34. The highest BCUT2D eigenvalue weighted by atomic mass is 32.1. The zero-order chi connectivity index (χ0) is 20.2. The van der Waals surface area contributed by atoms with Gasteiger partial charge in [-0.25, -0.2) is 4.98 Å². The summed E-state index contributed by atoms with van der Waals surface area (Å²) in [5.74, 6) is 0.803. The molecule has 2 N–H and O–H groups in total. The van der Waals surface area contributed by atoms with Crippen LogP contribution in [0, 0.1) is 11.3 Å². The van der Waals surface area contributed by atoms with Crippen LogP contribution in [-0.4, -0.2) is 12.0 Å². The third kappa shape index (κ3) is 3.86. The molecule has 0 spiro atoms. The fourth-order valence-corrected chi connectivity index (χ4v) is 4.46. The Labute approximate surface area is 174 Å². The number of nitrogens with zero attached hydrogens (tertiary/aromatic N) is 2. The van der Waals surface area contributed by atoms with E-state index in [0.29, 0.717) is 5.56 Å². The third-order valence-electron chi connectivity index (χ3n) is 5.01. The van der Waals surface area contributed by atoms with Gasteiger partial charge in [0.15, 0.2) is 0 Å². The first-order chi connectivity index (χ1) is 14.2. The van der Waals surface area contributed by atoms with Crippen molar-refractivity contribution >= 4 is 27.9 Å². The van der Waals surface area contributed by atoms with E-state index >= 15 is 0 Å². The minimum absolute atomic E-state index is 0.106. The number of benzene rings is 2. The topological polar surface area (TPSA) is 60.7 Å². The molecule has 2 heterocycles. The van der Waals surface area contributed by atoms with Crippen molar-refractivity contribution in [2.45, 2.75) is 19.5 Å². The molecule has 29 heavy (non-hydrogen) atoms. The van der Waals surface area contributed by atoms with E-state index in [1.54, 1.807) is 17.5 Å². The number of pyridine rings is 1. The number of hydrogen-bond donors (Lipinski definition) is 2. The van der Waals surface area contributed by atoms with Gasteiger partial charge in [-0.3, -0.25) is 0 Å². The number of aromatic nitrogens is 1. The summed E-state index contributed by atoms with van der Waals surface area (Å²) in [6.07, 6.45) is 1.64. The minimum Gasteiger partial charge on any atom is -0.362 e. The Balaban J connectivity index is 1.62. The highest BCUT2D eigenvalue weighted by molar-refractivity contribution is 7.10. The molecule has 0 bridgehead atoms. The first-order valence-electron chi connectivity index (χ1n) is 9.57. The van der Waals surface area contributed by atoms with Crippen molar-refractivity contribution in [1.29, 1.82) is 5.26 Å². The van der Waals surface area contributed by atoms with Gasteiger partial charge < -0.3 is 10.6 Å². The number of thiophene rings is 1. The van der Waals surface area contributed by atoms with E-state index in [2.05, 4.69) is 64.3 Å². The molecule has 0 radical (unpaired) electrons. The van der Waals surface area contributed by atoms with Crippen LogP contribution in [0.15, 0.2) is 66.2 Å². The highest BCUT2D eigenvalue weighted by Gasteiger charge is 2.14. The molecule has 5 heteroatoms. The second kappa shape index (κ2) is 8.44. The molecule has 0 saturated heterocycles. The van der Waals surface area contributed by atoms with E-state index < -0.39 is 0 Å². The van der Waals surface area contributed by atoms with E-state index in [9.17, 15) is 5.26 Å². The van der Waals surface area contributed by atoms with Gasteiger partial charge in [0, 0.05) is 28.4 Å². The number of rotatable bonds is 6. The van der Waals surface area contributed by atoms with Gasteiger partial charge >= 0.3 is 0 Å². The smallest absolute Gasteiger partial charge is 0.134 e. The SMILES string of the molecule is CNCc1ccccc1-c1csc(C(C)Nc2ncc(C#N)c3ccccc23)c1. The molecule has 4 aromatic rings. The largest absolute Gasteiger partial charge is 0.362 e. The van der Waals surface area contributed by atoms with Crippen LogP contribution in [0.5, 0.6) is 0 Å². The van der Waals surface area contributed by atoms with Gasteiger partial charge in [0.2, 0.25) is 0 Å². The van der Waals surface area contributed by atoms with E-state index in [4.69, 9.17) is 0 Å². The molecule has 0 fully saturated rings. The predicted molar refractivity (Wildman–Crippen MR) is 121 cm³/mol. The number of nitriles is 1. The third-order valence-corrected chi connectivity index (χ3v) is 6.13. The number of anilines is 1. The van der Waals surface area contributed by atoms with Gasteiger partial charge in [-0.05, 0) is 42.1 Å². The first-order valence-corrected chi connectivity index (χ1v) is 10.4. The van der Waals surface area contributed by atoms with Gasteiger partial charge in [0.1, 0.15) is 11.9 Å². The van der Waals surface area contributed by atoms with E-state index in [1.165, 1.54) is 21.6 Å². The van der Waals surface area contributed by atoms with Crippen LogP contribution in [0.1, 0.15) is 29.0 Å². The molecule has 4 nitrogen and oxygen atoms in total. The molecule has 144 valence electrons. The molecule has 0 amide bonds. The molecule has 0 aliphatic heterocycles. The Bertz CT molecular complexity index is 1190. The zero-order valence-corrected chi connectivity index (χ0v) is 17.3. The molecular formula is C24H22N4S. The van der Waals surface area contributed by atoms with Crippen molar-refractivity contribution in [2.24, 2.45) is 0 Å². The number of fused-ring (bicyclic) bond motifs is 1. The minimum atomic E-state index is 0.106. The summed E-state index contributed by atoms with van der Waals surface area (Å²) < 4.78 is 0. The van der Waals surface area contributed by atoms with Crippen molar-refractivity contribution in [3.05, 3.63) is 82.2 Å². The predicted octanol–water partition coefficient (Wildman–Crippen LogP) is 5.73. The van der Waals surface area contributed by atoms with Crippen LogP contribution < -0.4 is 10.6 Å². The molecule has 0 aliphatic carbocycles. The standard InChI is InChI=1S/C24H22N4S/c1-16(28-24-22-10-6-5-9-21(22)19(12-25)14-27-24)23-11-18(15-29-23)20-8-4-3-7-17(20)13-26-2/h3-11,14-16,26H,13H2,1-2H3,(H,27,28). The van der Waals surface area contributed by atoms with Crippen molar-refractivity contribution in [1.82, 2.24) is 10.3 Å². The second-order valence-corrected chi connectivity index (χ2v) is 7.91. The van der Waals surface area contributed by atoms with Crippen molar-refractivity contribution in [3.63, 3.8) is 0 Å². The molecule has 2 aromatic carbocycles. The number of hydrogen-bond acceptors (Lipinski definition) is 5. The molecule has 0 aliphatic rings. The Hall–Kier alpha value is -3.20. The molecule has 2 aromatic heterocycles. The van der Waals surface area contributed by atoms with Crippen LogP contribution in [0.4, 0.5) is 5.82 Å². The van der Waals surface area contributed by atoms with Crippen molar-refractivity contribution in [3.8, 4) is 17.2 Å². The number of nitrogens with one attached hydrogen (secondary N) is 2. The van der Waals surface area contributed by atoms with E-state index in [0.717, 1.165) is 23.1 Å². The Morgan fingerprint density at radius 3 is 2.66 bits per heavy atom. The van der Waals surface area contributed by atoms with E-state index in [-0.39, 0.29) is 6.04 Å².